The quantitative estimate of drug-likeness (QED) is 0.881. The summed E-state index contributed by atoms with van der Waals surface area (Å²) >= 11 is 0. The lowest BCUT2D eigenvalue weighted by Crippen LogP contribution is -2.23. The number of nitrogens with one attached hydrogen (secondary N) is 1. The molecule has 3 rings (SSSR count). The Morgan fingerprint density at radius 2 is 2.05 bits per heavy atom. The molecule has 1 aromatic carbocycles. The molecule has 1 amide bonds. The van der Waals surface area contributed by atoms with Crippen LogP contribution in [0.25, 0.3) is 11.0 Å². The van der Waals surface area contributed by atoms with Gasteiger partial charge in [0.1, 0.15) is 5.82 Å². The number of imidazole rings is 1. The lowest BCUT2D eigenvalue weighted by Gasteiger charge is -2.11. The number of aromatic nitrogens is 2. The van der Waals surface area contributed by atoms with Gasteiger partial charge in [-0.3, -0.25) is 4.79 Å². The number of fused-ring (bicyclic) bond motifs is 1. The van der Waals surface area contributed by atoms with Gasteiger partial charge in [0.25, 0.3) is 0 Å². The van der Waals surface area contributed by atoms with Crippen LogP contribution in [0.5, 0.6) is 0 Å². The van der Waals surface area contributed by atoms with Crippen LogP contribution in [0.1, 0.15) is 37.9 Å². The zero-order chi connectivity index (χ0) is 14.7. The Morgan fingerprint density at radius 3 is 2.81 bits per heavy atom. The minimum atomic E-state index is -0.105. The summed E-state index contributed by atoms with van der Waals surface area (Å²) in [6, 6.07) is 7.89. The van der Waals surface area contributed by atoms with Gasteiger partial charge in [-0.05, 0) is 37.8 Å². The molecule has 1 aliphatic rings. The van der Waals surface area contributed by atoms with E-state index in [0.717, 1.165) is 35.4 Å². The first-order valence-corrected chi connectivity index (χ1v) is 7.48. The average Bonchev–Trinajstić information content (AvgIpc) is 2.83. The smallest absolute Gasteiger partial charge is 0.247 e. The Labute approximate surface area is 124 Å². The molecule has 0 saturated heterocycles. The number of nitrogens with zero attached hydrogens (tertiary/aromatic N) is 3. The molecule has 1 N–H and O–H groups in total. The van der Waals surface area contributed by atoms with Gasteiger partial charge >= 0.3 is 0 Å². The van der Waals surface area contributed by atoms with Crippen molar-refractivity contribution in [3.8, 4) is 0 Å². The molecule has 0 spiro atoms. The van der Waals surface area contributed by atoms with Crippen molar-refractivity contribution in [3.05, 3.63) is 30.1 Å². The number of hydrazone groups is 1. The fraction of sp³-hybridized carbons (Fsp3) is 0.438. The lowest BCUT2D eigenvalue weighted by molar-refractivity contribution is -0.120. The van der Waals surface area contributed by atoms with Gasteiger partial charge in [-0.1, -0.05) is 18.6 Å². The number of carbonyl (C=O) groups excluding carboxylic acids is 1. The van der Waals surface area contributed by atoms with E-state index in [0.29, 0.717) is 0 Å². The molecule has 1 fully saturated rings. The first-order valence-electron chi connectivity index (χ1n) is 7.48. The first kappa shape index (κ1) is 13.8. The van der Waals surface area contributed by atoms with Crippen LogP contribution in [0.2, 0.25) is 0 Å². The third-order valence-electron chi connectivity index (χ3n) is 3.97. The molecule has 1 heterocycles. The second-order valence-corrected chi connectivity index (χ2v) is 5.53. The fourth-order valence-electron chi connectivity index (χ4n) is 2.75. The maximum Gasteiger partial charge on any atom is 0.247 e. The number of amides is 1. The van der Waals surface area contributed by atoms with E-state index < -0.39 is 0 Å². The van der Waals surface area contributed by atoms with Crippen LogP contribution in [0, 0.1) is 0 Å². The standard InChI is InChI=1S/C16H20N4O/c1-20-14-10-6-5-9-13(14)17-15(20)11-16(21)19-18-12-7-3-2-4-8-12/h5-6,9-10H,2-4,7-8,11H2,1H3,(H,19,21). The van der Waals surface area contributed by atoms with Crippen LogP contribution in [-0.4, -0.2) is 21.2 Å². The van der Waals surface area contributed by atoms with Gasteiger partial charge in [-0.25, -0.2) is 10.4 Å². The average molecular weight is 284 g/mol. The minimum absolute atomic E-state index is 0.105. The van der Waals surface area contributed by atoms with E-state index in [1.54, 1.807) is 0 Å². The Kier molecular flexibility index (Phi) is 3.99. The monoisotopic (exact) mass is 284 g/mol. The fourth-order valence-corrected chi connectivity index (χ4v) is 2.75. The SMILES string of the molecule is Cn1c(CC(=O)NN=C2CCCCC2)nc2ccccc21. The number of carbonyl (C=O) groups is 1. The van der Waals surface area contributed by atoms with Crippen molar-refractivity contribution in [1.29, 1.82) is 0 Å². The predicted molar refractivity (Wildman–Crippen MR) is 83.1 cm³/mol. The van der Waals surface area contributed by atoms with Crippen LogP contribution in [0.3, 0.4) is 0 Å². The molecule has 5 heteroatoms. The van der Waals surface area contributed by atoms with Gasteiger partial charge in [-0.15, -0.1) is 0 Å². The summed E-state index contributed by atoms with van der Waals surface area (Å²) in [6.45, 7) is 0. The molecule has 1 aromatic heterocycles. The van der Waals surface area contributed by atoms with E-state index in [1.165, 1.54) is 19.3 Å². The van der Waals surface area contributed by atoms with Crippen LogP contribution in [-0.2, 0) is 18.3 Å². The lowest BCUT2D eigenvalue weighted by atomic mass is 9.99. The van der Waals surface area contributed by atoms with Gasteiger partial charge in [0.15, 0.2) is 0 Å². The van der Waals surface area contributed by atoms with Crippen molar-refractivity contribution in [3.63, 3.8) is 0 Å². The van der Waals surface area contributed by atoms with Crippen molar-refractivity contribution in [2.45, 2.75) is 38.5 Å². The summed E-state index contributed by atoms with van der Waals surface area (Å²) in [4.78, 5) is 16.5. The second kappa shape index (κ2) is 6.08. The van der Waals surface area contributed by atoms with E-state index in [1.807, 2.05) is 35.9 Å². The van der Waals surface area contributed by atoms with E-state index >= 15 is 0 Å². The van der Waals surface area contributed by atoms with Gasteiger partial charge in [-0.2, -0.15) is 5.10 Å². The Hall–Kier alpha value is -2.17. The predicted octanol–water partition coefficient (Wildman–Crippen LogP) is 2.55. The van der Waals surface area contributed by atoms with E-state index in [-0.39, 0.29) is 12.3 Å². The molecule has 0 atom stereocenters. The zero-order valence-corrected chi connectivity index (χ0v) is 12.3. The molecule has 21 heavy (non-hydrogen) atoms. The van der Waals surface area contributed by atoms with Crippen LogP contribution < -0.4 is 5.43 Å². The van der Waals surface area contributed by atoms with Gasteiger partial charge in [0.2, 0.25) is 5.91 Å². The molecule has 110 valence electrons. The van der Waals surface area contributed by atoms with Crippen molar-refractivity contribution >= 4 is 22.7 Å². The van der Waals surface area contributed by atoms with Gasteiger partial charge < -0.3 is 4.57 Å². The highest BCUT2D eigenvalue weighted by atomic mass is 16.2. The third-order valence-corrected chi connectivity index (χ3v) is 3.97. The largest absolute Gasteiger partial charge is 0.331 e. The number of rotatable bonds is 3. The maximum atomic E-state index is 12.0. The highest BCUT2D eigenvalue weighted by Crippen LogP contribution is 2.15. The highest BCUT2D eigenvalue weighted by Gasteiger charge is 2.12. The molecule has 0 bridgehead atoms. The summed E-state index contributed by atoms with van der Waals surface area (Å²) in [5.41, 5.74) is 5.74. The van der Waals surface area contributed by atoms with Crippen molar-refractivity contribution in [2.75, 3.05) is 0 Å². The second-order valence-electron chi connectivity index (χ2n) is 5.53. The molecule has 0 aliphatic heterocycles. The molecule has 1 saturated carbocycles. The highest BCUT2D eigenvalue weighted by molar-refractivity contribution is 5.87. The molecular formula is C16H20N4O. The normalized spacial score (nSPS) is 15.2. The van der Waals surface area contributed by atoms with Crippen molar-refractivity contribution < 1.29 is 4.79 Å². The van der Waals surface area contributed by atoms with Gasteiger partial charge in [0.05, 0.1) is 17.5 Å². The number of hydrogen-bond donors (Lipinski definition) is 1. The van der Waals surface area contributed by atoms with E-state index in [2.05, 4.69) is 15.5 Å². The number of para-hydroxylation sites is 2. The van der Waals surface area contributed by atoms with E-state index in [4.69, 9.17) is 0 Å². The number of benzene rings is 1. The summed E-state index contributed by atoms with van der Waals surface area (Å²) in [6.07, 6.45) is 5.90. The van der Waals surface area contributed by atoms with Crippen LogP contribution in [0.4, 0.5) is 0 Å². The molecule has 1 aliphatic carbocycles. The van der Waals surface area contributed by atoms with E-state index in [9.17, 15) is 4.79 Å². The van der Waals surface area contributed by atoms with Crippen LogP contribution >= 0.6 is 0 Å². The summed E-state index contributed by atoms with van der Waals surface area (Å²) in [5.74, 6) is 0.657. The molecule has 5 nitrogen and oxygen atoms in total. The minimum Gasteiger partial charge on any atom is -0.331 e. The molecule has 0 radical (unpaired) electrons. The Balaban J connectivity index is 1.67. The molecule has 2 aromatic rings. The topological polar surface area (TPSA) is 59.3 Å². The Bertz CT molecular complexity index is 679. The maximum absolute atomic E-state index is 12.0. The molecular weight excluding hydrogens is 264 g/mol. The summed E-state index contributed by atoms with van der Waals surface area (Å²) < 4.78 is 1.96. The molecule has 0 unspecified atom stereocenters. The zero-order valence-electron chi connectivity index (χ0n) is 12.3. The Morgan fingerprint density at radius 1 is 1.29 bits per heavy atom. The summed E-state index contributed by atoms with van der Waals surface area (Å²) in [7, 11) is 1.94. The van der Waals surface area contributed by atoms with Crippen molar-refractivity contribution in [2.24, 2.45) is 12.1 Å². The number of aryl methyl sites for hydroxylation is 1. The van der Waals surface area contributed by atoms with Crippen LogP contribution in [0.15, 0.2) is 29.4 Å². The first-order chi connectivity index (χ1) is 10.2. The number of hydrogen-bond acceptors (Lipinski definition) is 3. The van der Waals surface area contributed by atoms with Crippen molar-refractivity contribution in [1.82, 2.24) is 15.0 Å². The summed E-state index contributed by atoms with van der Waals surface area (Å²) in [5, 5.41) is 4.24. The van der Waals surface area contributed by atoms with Gasteiger partial charge in [0, 0.05) is 12.8 Å². The third kappa shape index (κ3) is 3.12.